The van der Waals surface area contributed by atoms with E-state index in [2.05, 4.69) is 20.8 Å². The molecule has 0 spiro atoms. The highest BCUT2D eigenvalue weighted by atomic mass is 35.5. The van der Waals surface area contributed by atoms with Gasteiger partial charge in [0.15, 0.2) is 0 Å². The van der Waals surface area contributed by atoms with Crippen molar-refractivity contribution in [2.24, 2.45) is 5.92 Å². The van der Waals surface area contributed by atoms with Gasteiger partial charge in [0.05, 0.1) is 5.92 Å². The Morgan fingerprint density at radius 2 is 2.36 bits per heavy atom. The Bertz CT molecular complexity index is 654. The van der Waals surface area contributed by atoms with E-state index in [0.717, 1.165) is 36.5 Å². The lowest BCUT2D eigenvalue weighted by atomic mass is 9.99. The standard InChI is InChI=1S/C15H17ClN4OS/c16-12-5-1-3-10(7-12)8-13-19-20-15(22-13)18-14(21)11-4-2-6-17-9-11/h1,3,5,7,11,17H,2,4,6,8-9H2,(H,18,20,21). The van der Waals surface area contributed by atoms with E-state index < -0.39 is 0 Å². The van der Waals surface area contributed by atoms with Crippen LogP contribution < -0.4 is 10.6 Å². The van der Waals surface area contributed by atoms with Crippen LogP contribution in [0.25, 0.3) is 0 Å². The van der Waals surface area contributed by atoms with Crippen LogP contribution in [0.3, 0.4) is 0 Å². The lowest BCUT2D eigenvalue weighted by Crippen LogP contribution is -2.37. The minimum absolute atomic E-state index is 0.0222. The zero-order chi connectivity index (χ0) is 15.4. The van der Waals surface area contributed by atoms with Gasteiger partial charge in [0.2, 0.25) is 11.0 Å². The number of nitrogens with one attached hydrogen (secondary N) is 2. The SMILES string of the molecule is O=C(Nc1nnc(Cc2cccc(Cl)c2)s1)C1CCCNC1. The number of rotatable bonds is 4. The van der Waals surface area contributed by atoms with E-state index in [1.165, 1.54) is 11.3 Å². The Balaban J connectivity index is 1.60. The van der Waals surface area contributed by atoms with Crippen molar-refractivity contribution in [2.45, 2.75) is 19.3 Å². The fourth-order valence-electron chi connectivity index (χ4n) is 2.48. The quantitative estimate of drug-likeness (QED) is 0.901. The molecule has 0 aliphatic carbocycles. The first-order valence-electron chi connectivity index (χ1n) is 7.29. The highest BCUT2D eigenvalue weighted by Gasteiger charge is 2.21. The largest absolute Gasteiger partial charge is 0.316 e. The summed E-state index contributed by atoms with van der Waals surface area (Å²) in [7, 11) is 0. The second-order valence-corrected chi connectivity index (χ2v) is 6.84. The van der Waals surface area contributed by atoms with Gasteiger partial charge in [0.25, 0.3) is 0 Å². The van der Waals surface area contributed by atoms with E-state index >= 15 is 0 Å². The van der Waals surface area contributed by atoms with Crippen molar-refractivity contribution in [3.05, 3.63) is 39.9 Å². The van der Waals surface area contributed by atoms with Gasteiger partial charge in [-0.15, -0.1) is 10.2 Å². The van der Waals surface area contributed by atoms with Gasteiger partial charge in [-0.1, -0.05) is 35.1 Å². The number of hydrogen-bond donors (Lipinski definition) is 2. The van der Waals surface area contributed by atoms with E-state index in [9.17, 15) is 4.79 Å². The summed E-state index contributed by atoms with van der Waals surface area (Å²) in [5, 5.41) is 16.4. The molecule has 1 fully saturated rings. The third-order valence-electron chi connectivity index (χ3n) is 3.61. The number of carbonyl (C=O) groups is 1. The minimum Gasteiger partial charge on any atom is -0.316 e. The van der Waals surface area contributed by atoms with Gasteiger partial charge in [-0.25, -0.2) is 0 Å². The average molecular weight is 337 g/mol. The van der Waals surface area contributed by atoms with Crippen LogP contribution in [0.15, 0.2) is 24.3 Å². The van der Waals surface area contributed by atoms with Crippen molar-refractivity contribution in [2.75, 3.05) is 18.4 Å². The van der Waals surface area contributed by atoms with Crippen LogP contribution in [-0.2, 0) is 11.2 Å². The van der Waals surface area contributed by atoms with Gasteiger partial charge < -0.3 is 10.6 Å². The first kappa shape index (κ1) is 15.4. The Morgan fingerprint density at radius 3 is 3.14 bits per heavy atom. The molecule has 1 unspecified atom stereocenters. The summed E-state index contributed by atoms with van der Waals surface area (Å²) in [6, 6.07) is 7.67. The summed E-state index contributed by atoms with van der Waals surface area (Å²) in [5.74, 6) is 0.0479. The molecular weight excluding hydrogens is 320 g/mol. The average Bonchev–Trinajstić information content (AvgIpc) is 2.95. The van der Waals surface area contributed by atoms with Gasteiger partial charge in [-0.05, 0) is 37.1 Å². The topological polar surface area (TPSA) is 66.9 Å². The summed E-state index contributed by atoms with van der Waals surface area (Å²) in [5.41, 5.74) is 1.08. The molecule has 1 atom stereocenters. The molecule has 0 radical (unpaired) electrons. The summed E-state index contributed by atoms with van der Waals surface area (Å²) in [6.07, 6.45) is 2.63. The van der Waals surface area contributed by atoms with Crippen molar-refractivity contribution in [1.29, 1.82) is 0 Å². The number of hydrogen-bond acceptors (Lipinski definition) is 5. The van der Waals surface area contributed by atoms with Crippen molar-refractivity contribution in [3.63, 3.8) is 0 Å². The summed E-state index contributed by atoms with van der Waals surface area (Å²) < 4.78 is 0. The fraction of sp³-hybridized carbons (Fsp3) is 0.400. The first-order chi connectivity index (χ1) is 10.7. The number of amides is 1. The highest BCUT2D eigenvalue weighted by molar-refractivity contribution is 7.15. The zero-order valence-electron chi connectivity index (χ0n) is 12.0. The second-order valence-electron chi connectivity index (χ2n) is 5.34. The molecule has 1 saturated heterocycles. The number of anilines is 1. The van der Waals surface area contributed by atoms with Gasteiger partial charge in [-0.3, -0.25) is 4.79 Å². The first-order valence-corrected chi connectivity index (χ1v) is 8.48. The summed E-state index contributed by atoms with van der Waals surface area (Å²) >= 11 is 7.38. The zero-order valence-corrected chi connectivity index (χ0v) is 13.6. The number of nitrogens with zero attached hydrogens (tertiary/aromatic N) is 2. The van der Waals surface area contributed by atoms with Crippen LogP contribution in [0.5, 0.6) is 0 Å². The van der Waals surface area contributed by atoms with E-state index in [1.807, 2.05) is 24.3 Å². The Kier molecular flexibility index (Phi) is 5.02. The summed E-state index contributed by atoms with van der Waals surface area (Å²) in [6.45, 7) is 1.73. The highest BCUT2D eigenvalue weighted by Crippen LogP contribution is 2.21. The van der Waals surface area contributed by atoms with Crippen molar-refractivity contribution >= 4 is 34.0 Å². The number of benzene rings is 1. The van der Waals surface area contributed by atoms with E-state index in [-0.39, 0.29) is 11.8 Å². The monoisotopic (exact) mass is 336 g/mol. The van der Waals surface area contributed by atoms with Gasteiger partial charge in [-0.2, -0.15) is 0 Å². The molecule has 1 aromatic carbocycles. The smallest absolute Gasteiger partial charge is 0.230 e. The molecule has 1 amide bonds. The molecule has 5 nitrogen and oxygen atoms in total. The van der Waals surface area contributed by atoms with Crippen LogP contribution in [0.2, 0.25) is 5.02 Å². The Morgan fingerprint density at radius 1 is 1.45 bits per heavy atom. The van der Waals surface area contributed by atoms with Crippen LogP contribution >= 0.6 is 22.9 Å². The molecule has 1 aromatic heterocycles. The van der Waals surface area contributed by atoms with Crippen LogP contribution in [0, 0.1) is 5.92 Å². The van der Waals surface area contributed by atoms with Gasteiger partial charge in [0, 0.05) is 18.0 Å². The third kappa shape index (κ3) is 4.03. The molecule has 3 rings (SSSR count). The van der Waals surface area contributed by atoms with Crippen molar-refractivity contribution < 1.29 is 4.79 Å². The van der Waals surface area contributed by atoms with Crippen LogP contribution in [0.4, 0.5) is 5.13 Å². The molecule has 1 aliphatic rings. The van der Waals surface area contributed by atoms with Crippen molar-refractivity contribution in [1.82, 2.24) is 15.5 Å². The molecule has 0 saturated carbocycles. The Hall–Kier alpha value is -1.50. The predicted molar refractivity (Wildman–Crippen MR) is 88.4 cm³/mol. The molecule has 116 valence electrons. The molecule has 0 bridgehead atoms. The number of halogens is 1. The van der Waals surface area contributed by atoms with Gasteiger partial charge in [0.1, 0.15) is 5.01 Å². The van der Waals surface area contributed by atoms with E-state index in [1.54, 1.807) is 0 Å². The predicted octanol–water partition coefficient (Wildman–Crippen LogP) is 2.72. The van der Waals surface area contributed by atoms with Crippen LogP contribution in [-0.4, -0.2) is 29.2 Å². The number of aromatic nitrogens is 2. The maximum atomic E-state index is 12.2. The molecule has 22 heavy (non-hydrogen) atoms. The molecule has 2 heterocycles. The van der Waals surface area contributed by atoms with Crippen LogP contribution in [0.1, 0.15) is 23.4 Å². The molecule has 1 aliphatic heterocycles. The normalized spacial score (nSPS) is 18.1. The second kappa shape index (κ2) is 7.17. The molecule has 2 aromatic rings. The maximum Gasteiger partial charge on any atom is 0.230 e. The maximum absolute atomic E-state index is 12.2. The van der Waals surface area contributed by atoms with Crippen molar-refractivity contribution in [3.8, 4) is 0 Å². The Labute approximate surface area is 138 Å². The molecular formula is C15H17ClN4OS. The molecule has 7 heteroatoms. The van der Waals surface area contributed by atoms with E-state index in [4.69, 9.17) is 11.6 Å². The minimum atomic E-state index is 0.0222. The number of carbonyl (C=O) groups excluding carboxylic acids is 1. The van der Waals surface area contributed by atoms with E-state index in [0.29, 0.717) is 16.6 Å². The summed E-state index contributed by atoms with van der Waals surface area (Å²) in [4.78, 5) is 12.2. The fourth-order valence-corrected chi connectivity index (χ4v) is 3.47. The molecule has 2 N–H and O–H groups in total. The number of piperidine rings is 1. The lowest BCUT2D eigenvalue weighted by molar-refractivity contribution is -0.120. The van der Waals surface area contributed by atoms with Gasteiger partial charge >= 0.3 is 0 Å². The lowest BCUT2D eigenvalue weighted by Gasteiger charge is -2.21. The third-order valence-corrected chi connectivity index (χ3v) is 4.68.